The van der Waals surface area contributed by atoms with Crippen LogP contribution in [0.3, 0.4) is 0 Å². The van der Waals surface area contributed by atoms with Crippen molar-refractivity contribution in [2.45, 2.75) is 32.2 Å². The predicted octanol–water partition coefficient (Wildman–Crippen LogP) is 3.24. The van der Waals surface area contributed by atoms with E-state index in [1.165, 1.54) is 10.9 Å². The van der Waals surface area contributed by atoms with Crippen LogP contribution in [0.15, 0.2) is 30.5 Å². The highest BCUT2D eigenvalue weighted by molar-refractivity contribution is 5.85. The van der Waals surface area contributed by atoms with Gasteiger partial charge in [-0.2, -0.15) is 0 Å². The van der Waals surface area contributed by atoms with Gasteiger partial charge in [0.25, 0.3) is 0 Å². The first kappa shape index (κ1) is 11.3. The molecule has 1 unspecified atom stereocenters. The maximum atomic E-state index is 11.9. The standard InChI is InChI=1S/C15H18N2O/c1-2-14(17-9-5-8-15(17)18)12-10-16-13-7-4-3-6-11(12)13/h3-4,6-7,10,14,16H,2,5,8-9H2,1H3. The average Bonchev–Trinajstić information content (AvgIpc) is 2.99. The molecule has 1 saturated heterocycles. The number of carbonyl (C=O) groups excluding carboxylic acids is 1. The zero-order valence-corrected chi connectivity index (χ0v) is 10.6. The molecule has 1 fully saturated rings. The lowest BCUT2D eigenvalue weighted by Gasteiger charge is -2.26. The van der Waals surface area contributed by atoms with Gasteiger partial charge in [0.1, 0.15) is 0 Å². The highest BCUT2D eigenvalue weighted by Gasteiger charge is 2.29. The van der Waals surface area contributed by atoms with Gasteiger partial charge < -0.3 is 9.88 Å². The lowest BCUT2D eigenvalue weighted by atomic mass is 10.0. The summed E-state index contributed by atoms with van der Waals surface area (Å²) in [5, 5.41) is 1.24. The minimum atomic E-state index is 0.219. The van der Waals surface area contributed by atoms with E-state index in [1.807, 2.05) is 11.0 Å². The van der Waals surface area contributed by atoms with Gasteiger partial charge in [0.2, 0.25) is 5.91 Å². The summed E-state index contributed by atoms with van der Waals surface area (Å²) in [5.41, 5.74) is 2.40. The molecule has 1 atom stereocenters. The average molecular weight is 242 g/mol. The molecule has 0 radical (unpaired) electrons. The van der Waals surface area contributed by atoms with Gasteiger partial charge in [-0.25, -0.2) is 0 Å². The summed E-state index contributed by atoms with van der Waals surface area (Å²) in [6, 6.07) is 8.51. The van der Waals surface area contributed by atoms with Gasteiger partial charge in [-0.3, -0.25) is 4.79 Å². The minimum Gasteiger partial charge on any atom is -0.361 e. The number of hydrogen-bond donors (Lipinski definition) is 1. The molecule has 2 aromatic rings. The number of nitrogens with zero attached hydrogens (tertiary/aromatic N) is 1. The number of amides is 1. The third kappa shape index (κ3) is 1.70. The van der Waals surface area contributed by atoms with Crippen LogP contribution in [-0.2, 0) is 4.79 Å². The molecule has 0 spiro atoms. The van der Waals surface area contributed by atoms with E-state index in [-0.39, 0.29) is 6.04 Å². The molecule has 3 rings (SSSR count). The van der Waals surface area contributed by atoms with Crippen molar-refractivity contribution in [3.05, 3.63) is 36.0 Å². The van der Waals surface area contributed by atoms with Crippen LogP contribution in [-0.4, -0.2) is 22.3 Å². The van der Waals surface area contributed by atoms with E-state index in [2.05, 4.69) is 36.3 Å². The van der Waals surface area contributed by atoms with Crippen LogP contribution in [0.2, 0.25) is 0 Å². The zero-order chi connectivity index (χ0) is 12.5. The first-order chi connectivity index (χ1) is 8.81. The Labute approximate surface area is 107 Å². The van der Waals surface area contributed by atoms with Crippen molar-refractivity contribution in [3.63, 3.8) is 0 Å². The van der Waals surface area contributed by atoms with Crippen LogP contribution < -0.4 is 0 Å². The Bertz CT molecular complexity index is 573. The van der Waals surface area contributed by atoms with E-state index in [0.29, 0.717) is 12.3 Å². The molecule has 0 aliphatic carbocycles. The number of hydrogen-bond acceptors (Lipinski definition) is 1. The van der Waals surface area contributed by atoms with Gasteiger partial charge in [-0.05, 0) is 24.5 Å². The van der Waals surface area contributed by atoms with Crippen molar-refractivity contribution in [1.82, 2.24) is 9.88 Å². The number of benzene rings is 1. The number of rotatable bonds is 3. The Morgan fingerprint density at radius 3 is 2.94 bits per heavy atom. The Morgan fingerprint density at radius 2 is 2.22 bits per heavy atom. The quantitative estimate of drug-likeness (QED) is 0.881. The second kappa shape index (κ2) is 4.48. The highest BCUT2D eigenvalue weighted by Crippen LogP contribution is 2.33. The smallest absolute Gasteiger partial charge is 0.223 e. The molecule has 18 heavy (non-hydrogen) atoms. The van der Waals surface area contributed by atoms with Crippen molar-refractivity contribution in [2.75, 3.05) is 6.54 Å². The van der Waals surface area contributed by atoms with Crippen LogP contribution in [0.1, 0.15) is 37.8 Å². The second-order valence-corrected chi connectivity index (χ2v) is 4.90. The van der Waals surface area contributed by atoms with E-state index in [4.69, 9.17) is 0 Å². The summed E-state index contributed by atoms with van der Waals surface area (Å²) in [5.74, 6) is 0.298. The summed E-state index contributed by atoms with van der Waals surface area (Å²) in [6.07, 6.45) is 4.73. The van der Waals surface area contributed by atoms with Gasteiger partial charge in [0.05, 0.1) is 6.04 Å². The molecule has 0 bridgehead atoms. The molecule has 1 aromatic carbocycles. The molecule has 1 aromatic heterocycles. The maximum Gasteiger partial charge on any atom is 0.223 e. The summed E-state index contributed by atoms with van der Waals surface area (Å²) in [7, 11) is 0. The van der Waals surface area contributed by atoms with Crippen LogP contribution in [0.25, 0.3) is 10.9 Å². The molecule has 1 N–H and O–H groups in total. The van der Waals surface area contributed by atoms with Crippen LogP contribution in [0.5, 0.6) is 0 Å². The molecule has 3 heteroatoms. The minimum absolute atomic E-state index is 0.219. The number of aromatic nitrogens is 1. The number of carbonyl (C=O) groups is 1. The first-order valence-electron chi connectivity index (χ1n) is 6.66. The van der Waals surface area contributed by atoms with E-state index < -0.39 is 0 Å². The molecule has 1 aliphatic rings. The van der Waals surface area contributed by atoms with Gasteiger partial charge in [0.15, 0.2) is 0 Å². The zero-order valence-electron chi connectivity index (χ0n) is 10.6. The van der Waals surface area contributed by atoms with Crippen LogP contribution >= 0.6 is 0 Å². The lowest BCUT2D eigenvalue weighted by Crippen LogP contribution is -2.29. The number of likely N-dealkylation sites (tertiary alicyclic amines) is 1. The number of para-hydroxylation sites is 1. The third-order valence-electron chi connectivity index (χ3n) is 3.85. The molecule has 94 valence electrons. The molecule has 0 saturated carbocycles. The number of aromatic amines is 1. The Kier molecular flexibility index (Phi) is 2.82. The molecule has 2 heterocycles. The van der Waals surface area contributed by atoms with Gasteiger partial charge in [-0.1, -0.05) is 25.1 Å². The topological polar surface area (TPSA) is 36.1 Å². The fraction of sp³-hybridized carbons (Fsp3) is 0.400. The Balaban J connectivity index is 2.03. The van der Waals surface area contributed by atoms with E-state index in [0.717, 1.165) is 24.9 Å². The molecule has 1 aliphatic heterocycles. The number of nitrogens with one attached hydrogen (secondary N) is 1. The summed E-state index contributed by atoms with van der Waals surface area (Å²) >= 11 is 0. The Hall–Kier alpha value is -1.77. The van der Waals surface area contributed by atoms with E-state index >= 15 is 0 Å². The monoisotopic (exact) mass is 242 g/mol. The first-order valence-corrected chi connectivity index (χ1v) is 6.66. The van der Waals surface area contributed by atoms with Gasteiger partial charge >= 0.3 is 0 Å². The van der Waals surface area contributed by atoms with Gasteiger partial charge in [0, 0.05) is 30.1 Å². The molecule has 1 amide bonds. The van der Waals surface area contributed by atoms with Crippen molar-refractivity contribution in [3.8, 4) is 0 Å². The number of H-pyrrole nitrogens is 1. The fourth-order valence-electron chi connectivity index (χ4n) is 2.98. The second-order valence-electron chi connectivity index (χ2n) is 4.90. The number of fused-ring (bicyclic) bond motifs is 1. The normalized spacial score (nSPS) is 17.6. The Morgan fingerprint density at radius 1 is 1.39 bits per heavy atom. The third-order valence-corrected chi connectivity index (χ3v) is 3.85. The predicted molar refractivity (Wildman–Crippen MR) is 72.3 cm³/mol. The van der Waals surface area contributed by atoms with E-state index in [1.54, 1.807) is 0 Å². The van der Waals surface area contributed by atoms with Crippen LogP contribution in [0.4, 0.5) is 0 Å². The summed E-state index contributed by atoms with van der Waals surface area (Å²) in [6.45, 7) is 3.05. The largest absolute Gasteiger partial charge is 0.361 e. The van der Waals surface area contributed by atoms with Crippen molar-refractivity contribution in [2.24, 2.45) is 0 Å². The molecular formula is C15H18N2O. The van der Waals surface area contributed by atoms with Crippen molar-refractivity contribution < 1.29 is 4.79 Å². The maximum absolute atomic E-state index is 11.9. The van der Waals surface area contributed by atoms with Crippen LogP contribution in [0, 0.1) is 0 Å². The highest BCUT2D eigenvalue weighted by atomic mass is 16.2. The summed E-state index contributed by atoms with van der Waals surface area (Å²) in [4.78, 5) is 17.3. The summed E-state index contributed by atoms with van der Waals surface area (Å²) < 4.78 is 0. The lowest BCUT2D eigenvalue weighted by molar-refractivity contribution is -0.129. The fourth-order valence-corrected chi connectivity index (χ4v) is 2.98. The van der Waals surface area contributed by atoms with Crippen molar-refractivity contribution >= 4 is 16.8 Å². The van der Waals surface area contributed by atoms with E-state index in [9.17, 15) is 4.79 Å². The molecule has 3 nitrogen and oxygen atoms in total. The van der Waals surface area contributed by atoms with Crippen molar-refractivity contribution in [1.29, 1.82) is 0 Å². The van der Waals surface area contributed by atoms with Gasteiger partial charge in [-0.15, -0.1) is 0 Å². The molecular weight excluding hydrogens is 224 g/mol. The SMILES string of the molecule is CCC(c1c[nH]c2ccccc12)N1CCCC1=O.